The second kappa shape index (κ2) is 7.22. The number of carbonyl (C=O) groups is 2. The predicted molar refractivity (Wildman–Crippen MR) is 63.8 cm³/mol. The standard InChI is InChI=1S/C11H23N3O2/c1-5-6-9(12)11(16)14-8(4)10(15)13-7(2)3/h7-9H,5-6,12H2,1-4H3,(H,13,15)(H,14,16)/t8?,9-/m1/s1. The van der Waals surface area contributed by atoms with E-state index in [1.807, 2.05) is 20.8 Å². The zero-order valence-electron chi connectivity index (χ0n) is 10.5. The molecule has 2 atom stereocenters. The van der Waals surface area contributed by atoms with Crippen LogP contribution in [-0.2, 0) is 9.59 Å². The molecule has 0 fully saturated rings. The molecule has 0 bridgehead atoms. The van der Waals surface area contributed by atoms with Gasteiger partial charge in [-0.1, -0.05) is 13.3 Å². The lowest BCUT2D eigenvalue weighted by Gasteiger charge is -2.18. The number of carbonyl (C=O) groups excluding carboxylic acids is 2. The van der Waals surface area contributed by atoms with Crippen LogP contribution in [0.1, 0.15) is 40.5 Å². The van der Waals surface area contributed by atoms with Gasteiger partial charge in [-0.2, -0.15) is 0 Å². The van der Waals surface area contributed by atoms with Crippen LogP contribution in [0, 0.1) is 0 Å². The summed E-state index contributed by atoms with van der Waals surface area (Å²) in [4.78, 5) is 23.0. The Labute approximate surface area is 97.2 Å². The number of hydrogen-bond donors (Lipinski definition) is 3. The lowest BCUT2D eigenvalue weighted by molar-refractivity contribution is -0.129. The molecule has 0 aliphatic carbocycles. The van der Waals surface area contributed by atoms with E-state index in [0.717, 1.165) is 6.42 Å². The maximum atomic E-state index is 11.5. The zero-order chi connectivity index (χ0) is 12.7. The van der Waals surface area contributed by atoms with Gasteiger partial charge in [0.05, 0.1) is 6.04 Å². The Balaban J connectivity index is 4.08. The molecule has 4 N–H and O–H groups in total. The molecule has 0 rings (SSSR count). The average Bonchev–Trinajstić information content (AvgIpc) is 2.16. The Morgan fingerprint density at radius 1 is 1.12 bits per heavy atom. The second-order valence-electron chi connectivity index (χ2n) is 4.29. The maximum Gasteiger partial charge on any atom is 0.242 e. The van der Waals surface area contributed by atoms with E-state index in [2.05, 4.69) is 10.6 Å². The molecular formula is C11H23N3O2. The summed E-state index contributed by atoms with van der Waals surface area (Å²) in [5.41, 5.74) is 5.63. The van der Waals surface area contributed by atoms with Crippen LogP contribution in [0.3, 0.4) is 0 Å². The summed E-state index contributed by atoms with van der Waals surface area (Å²) in [6.07, 6.45) is 1.48. The molecule has 0 aromatic carbocycles. The third kappa shape index (κ3) is 5.70. The molecule has 5 heteroatoms. The highest BCUT2D eigenvalue weighted by Crippen LogP contribution is 1.94. The Bertz CT molecular complexity index is 241. The third-order valence-corrected chi connectivity index (χ3v) is 2.12. The molecule has 0 spiro atoms. The van der Waals surface area contributed by atoms with Gasteiger partial charge < -0.3 is 16.4 Å². The van der Waals surface area contributed by atoms with Crippen molar-refractivity contribution in [2.75, 3.05) is 0 Å². The molecule has 1 unspecified atom stereocenters. The summed E-state index contributed by atoms with van der Waals surface area (Å²) in [7, 11) is 0. The minimum absolute atomic E-state index is 0.0659. The fourth-order valence-electron chi connectivity index (χ4n) is 1.24. The molecule has 0 saturated carbocycles. The van der Waals surface area contributed by atoms with Crippen molar-refractivity contribution in [1.29, 1.82) is 0 Å². The van der Waals surface area contributed by atoms with Crippen molar-refractivity contribution >= 4 is 11.8 Å². The zero-order valence-corrected chi connectivity index (χ0v) is 10.5. The van der Waals surface area contributed by atoms with E-state index in [1.165, 1.54) is 0 Å². The van der Waals surface area contributed by atoms with Gasteiger partial charge in [-0.25, -0.2) is 0 Å². The van der Waals surface area contributed by atoms with Gasteiger partial charge in [0.2, 0.25) is 11.8 Å². The van der Waals surface area contributed by atoms with Crippen LogP contribution < -0.4 is 16.4 Å². The first-order chi connectivity index (χ1) is 7.38. The Hall–Kier alpha value is -1.10. The SMILES string of the molecule is CCC[C@@H](N)C(=O)NC(C)C(=O)NC(C)C. The van der Waals surface area contributed by atoms with Crippen LogP contribution in [0.2, 0.25) is 0 Å². The number of rotatable bonds is 6. The second-order valence-corrected chi connectivity index (χ2v) is 4.29. The van der Waals surface area contributed by atoms with Gasteiger partial charge in [0.25, 0.3) is 0 Å². The van der Waals surface area contributed by atoms with Gasteiger partial charge in [-0.3, -0.25) is 9.59 Å². The molecule has 2 amide bonds. The van der Waals surface area contributed by atoms with Crippen LogP contribution in [0.15, 0.2) is 0 Å². The predicted octanol–water partition coefficient (Wildman–Crippen LogP) is 0.143. The number of hydrogen-bond acceptors (Lipinski definition) is 3. The van der Waals surface area contributed by atoms with E-state index in [4.69, 9.17) is 5.73 Å². The Morgan fingerprint density at radius 2 is 1.69 bits per heavy atom. The topological polar surface area (TPSA) is 84.2 Å². The van der Waals surface area contributed by atoms with Crippen molar-refractivity contribution in [3.63, 3.8) is 0 Å². The summed E-state index contributed by atoms with van der Waals surface area (Å²) in [6, 6.07) is -1.01. The molecule has 94 valence electrons. The van der Waals surface area contributed by atoms with Gasteiger partial charge in [-0.15, -0.1) is 0 Å². The summed E-state index contributed by atoms with van der Waals surface area (Å²) < 4.78 is 0. The molecule has 0 saturated heterocycles. The molecule has 0 aliphatic rings. The number of amides is 2. The summed E-state index contributed by atoms with van der Waals surface area (Å²) >= 11 is 0. The fraction of sp³-hybridized carbons (Fsp3) is 0.818. The van der Waals surface area contributed by atoms with E-state index in [9.17, 15) is 9.59 Å². The van der Waals surface area contributed by atoms with E-state index in [-0.39, 0.29) is 17.9 Å². The van der Waals surface area contributed by atoms with Gasteiger partial charge >= 0.3 is 0 Å². The van der Waals surface area contributed by atoms with Crippen molar-refractivity contribution < 1.29 is 9.59 Å². The minimum atomic E-state index is -0.544. The Morgan fingerprint density at radius 3 is 2.12 bits per heavy atom. The first-order valence-corrected chi connectivity index (χ1v) is 5.74. The highest BCUT2D eigenvalue weighted by Gasteiger charge is 2.19. The van der Waals surface area contributed by atoms with Gasteiger partial charge in [0.1, 0.15) is 6.04 Å². The molecule has 5 nitrogen and oxygen atoms in total. The van der Waals surface area contributed by atoms with E-state index < -0.39 is 12.1 Å². The lowest BCUT2D eigenvalue weighted by atomic mass is 10.1. The molecule has 0 heterocycles. The van der Waals surface area contributed by atoms with Crippen LogP contribution >= 0.6 is 0 Å². The monoisotopic (exact) mass is 229 g/mol. The first kappa shape index (κ1) is 14.9. The van der Waals surface area contributed by atoms with Crippen molar-refractivity contribution in [2.24, 2.45) is 5.73 Å². The van der Waals surface area contributed by atoms with Crippen LogP contribution in [0.4, 0.5) is 0 Å². The largest absolute Gasteiger partial charge is 0.352 e. The van der Waals surface area contributed by atoms with Gasteiger partial charge in [0.15, 0.2) is 0 Å². The highest BCUT2D eigenvalue weighted by atomic mass is 16.2. The average molecular weight is 229 g/mol. The molecule has 0 aliphatic heterocycles. The normalized spacial score (nSPS) is 14.4. The summed E-state index contributed by atoms with van der Waals surface area (Å²) in [5, 5.41) is 5.32. The maximum absolute atomic E-state index is 11.5. The van der Waals surface area contributed by atoms with E-state index >= 15 is 0 Å². The fourth-order valence-corrected chi connectivity index (χ4v) is 1.24. The van der Waals surface area contributed by atoms with E-state index in [1.54, 1.807) is 6.92 Å². The van der Waals surface area contributed by atoms with Crippen molar-refractivity contribution in [3.8, 4) is 0 Å². The van der Waals surface area contributed by atoms with Crippen LogP contribution in [0.25, 0.3) is 0 Å². The molecule has 0 aromatic rings. The minimum Gasteiger partial charge on any atom is -0.352 e. The molecule has 16 heavy (non-hydrogen) atoms. The summed E-state index contributed by atoms with van der Waals surface area (Å²) in [5.74, 6) is -0.458. The third-order valence-electron chi connectivity index (χ3n) is 2.12. The van der Waals surface area contributed by atoms with Crippen LogP contribution in [0.5, 0.6) is 0 Å². The lowest BCUT2D eigenvalue weighted by Crippen LogP contribution is -2.51. The van der Waals surface area contributed by atoms with Crippen molar-refractivity contribution in [1.82, 2.24) is 10.6 Å². The smallest absolute Gasteiger partial charge is 0.242 e. The first-order valence-electron chi connectivity index (χ1n) is 5.74. The number of nitrogens with one attached hydrogen (secondary N) is 2. The molecule has 0 radical (unpaired) electrons. The summed E-state index contributed by atoms with van der Waals surface area (Å²) in [6.45, 7) is 7.35. The molecule has 0 aromatic heterocycles. The van der Waals surface area contributed by atoms with Gasteiger partial charge in [0, 0.05) is 6.04 Å². The quantitative estimate of drug-likeness (QED) is 0.606. The van der Waals surface area contributed by atoms with Crippen molar-refractivity contribution in [2.45, 2.75) is 58.7 Å². The molecular weight excluding hydrogens is 206 g/mol. The van der Waals surface area contributed by atoms with Gasteiger partial charge in [-0.05, 0) is 27.2 Å². The van der Waals surface area contributed by atoms with Crippen LogP contribution in [-0.4, -0.2) is 29.9 Å². The van der Waals surface area contributed by atoms with Crippen molar-refractivity contribution in [3.05, 3.63) is 0 Å². The number of nitrogens with two attached hydrogens (primary N) is 1. The van der Waals surface area contributed by atoms with E-state index in [0.29, 0.717) is 6.42 Å². The highest BCUT2D eigenvalue weighted by molar-refractivity contribution is 5.89. The Kier molecular flexibility index (Phi) is 6.72.